The van der Waals surface area contributed by atoms with E-state index in [0.717, 1.165) is 0 Å². The molecule has 0 saturated heterocycles. The van der Waals surface area contributed by atoms with Crippen LogP contribution in [0, 0.1) is 5.82 Å². The maximum absolute atomic E-state index is 13.3. The quantitative estimate of drug-likeness (QED) is 0.856. The molecule has 7 heteroatoms. The summed E-state index contributed by atoms with van der Waals surface area (Å²) in [6.07, 6.45) is 1.36. The van der Waals surface area contributed by atoms with Crippen molar-refractivity contribution in [3.63, 3.8) is 0 Å². The van der Waals surface area contributed by atoms with Crippen molar-refractivity contribution in [2.75, 3.05) is 7.11 Å². The molecule has 0 spiro atoms. The molecule has 0 unspecified atom stereocenters. The average molecular weight is 327 g/mol. The van der Waals surface area contributed by atoms with Crippen LogP contribution in [0.4, 0.5) is 4.39 Å². The molecule has 21 heavy (non-hydrogen) atoms. The number of hydrogen-bond acceptors (Lipinski definition) is 4. The number of nitrogens with zero attached hydrogens (tertiary/aromatic N) is 1. The third kappa shape index (κ3) is 3.86. The summed E-state index contributed by atoms with van der Waals surface area (Å²) in [4.78, 5) is 15.1. The van der Waals surface area contributed by atoms with Crippen LogP contribution in [0.3, 0.4) is 0 Å². The minimum absolute atomic E-state index is 0.243. The van der Waals surface area contributed by atoms with Gasteiger partial charge >= 0.3 is 0 Å². The molecular formula is C14H12ClFN2O2S. The van der Waals surface area contributed by atoms with E-state index < -0.39 is 5.91 Å². The monoisotopic (exact) mass is 326 g/mol. The number of nitrogens with two attached hydrogens (primary N) is 1. The number of rotatable bonds is 5. The van der Waals surface area contributed by atoms with Crippen LogP contribution in [0.2, 0.25) is 5.02 Å². The van der Waals surface area contributed by atoms with Crippen LogP contribution in [-0.4, -0.2) is 18.0 Å². The fraction of sp³-hybridized carbons (Fsp3) is 0.143. The van der Waals surface area contributed by atoms with Gasteiger partial charge in [-0.1, -0.05) is 11.6 Å². The minimum Gasteiger partial charge on any atom is -0.496 e. The van der Waals surface area contributed by atoms with Gasteiger partial charge in [-0.05, 0) is 24.3 Å². The zero-order valence-corrected chi connectivity index (χ0v) is 12.7. The standard InChI is InChI=1S/C14H12ClFN2O2S/c1-20-12-3-2-10(16)4-9(12)7-21-14-11(15)5-8(6-18-14)13(17)19/h2-6H,7H2,1H3,(H2,17,19). The lowest BCUT2D eigenvalue weighted by Crippen LogP contribution is -2.11. The first-order valence-corrected chi connectivity index (χ1v) is 7.28. The van der Waals surface area contributed by atoms with Gasteiger partial charge in [0, 0.05) is 17.5 Å². The summed E-state index contributed by atoms with van der Waals surface area (Å²) >= 11 is 7.37. The molecule has 2 rings (SSSR count). The molecule has 0 bridgehead atoms. The zero-order valence-electron chi connectivity index (χ0n) is 11.1. The highest BCUT2D eigenvalue weighted by Gasteiger charge is 2.10. The highest BCUT2D eigenvalue weighted by molar-refractivity contribution is 7.98. The lowest BCUT2D eigenvalue weighted by atomic mass is 10.2. The van der Waals surface area contributed by atoms with E-state index in [2.05, 4.69) is 4.98 Å². The highest BCUT2D eigenvalue weighted by atomic mass is 35.5. The first-order valence-electron chi connectivity index (χ1n) is 5.92. The van der Waals surface area contributed by atoms with Gasteiger partial charge in [0.15, 0.2) is 0 Å². The first-order chi connectivity index (χ1) is 10.0. The van der Waals surface area contributed by atoms with Gasteiger partial charge < -0.3 is 10.5 Å². The number of amides is 1. The molecule has 1 aromatic carbocycles. The van der Waals surface area contributed by atoms with Crippen molar-refractivity contribution in [3.8, 4) is 5.75 Å². The molecule has 0 fully saturated rings. The van der Waals surface area contributed by atoms with Gasteiger partial charge in [0.2, 0.25) is 5.91 Å². The SMILES string of the molecule is COc1ccc(F)cc1CSc1ncc(C(N)=O)cc1Cl. The number of methoxy groups -OCH3 is 1. The predicted molar refractivity (Wildman–Crippen MR) is 80.3 cm³/mol. The normalized spacial score (nSPS) is 10.4. The van der Waals surface area contributed by atoms with E-state index in [9.17, 15) is 9.18 Å². The Morgan fingerprint density at radius 1 is 1.48 bits per heavy atom. The number of ether oxygens (including phenoxy) is 1. The van der Waals surface area contributed by atoms with Crippen molar-refractivity contribution in [1.82, 2.24) is 4.98 Å². The van der Waals surface area contributed by atoms with Crippen molar-refractivity contribution >= 4 is 29.3 Å². The number of halogens is 2. The van der Waals surface area contributed by atoms with Gasteiger partial charge in [0.1, 0.15) is 16.6 Å². The van der Waals surface area contributed by atoms with Crippen LogP contribution in [0.15, 0.2) is 35.5 Å². The largest absolute Gasteiger partial charge is 0.496 e. The number of hydrogen-bond donors (Lipinski definition) is 1. The molecule has 0 aliphatic heterocycles. The van der Waals surface area contributed by atoms with Crippen LogP contribution in [0.25, 0.3) is 0 Å². The van der Waals surface area contributed by atoms with Gasteiger partial charge in [0.25, 0.3) is 0 Å². The Balaban J connectivity index is 2.17. The first kappa shape index (κ1) is 15.6. The van der Waals surface area contributed by atoms with Crippen LogP contribution < -0.4 is 10.5 Å². The Labute approximate surface area is 130 Å². The summed E-state index contributed by atoms with van der Waals surface area (Å²) in [5, 5.41) is 0.861. The van der Waals surface area contributed by atoms with Crippen molar-refractivity contribution < 1.29 is 13.9 Å². The predicted octanol–water partition coefficient (Wildman–Crippen LogP) is 3.27. The fourth-order valence-corrected chi connectivity index (χ4v) is 2.84. The molecule has 1 aromatic heterocycles. The molecule has 0 aliphatic carbocycles. The van der Waals surface area contributed by atoms with Crippen LogP contribution in [0.1, 0.15) is 15.9 Å². The number of benzene rings is 1. The molecule has 1 heterocycles. The topological polar surface area (TPSA) is 65.2 Å². The van der Waals surface area contributed by atoms with E-state index in [1.807, 2.05) is 0 Å². The van der Waals surface area contributed by atoms with E-state index in [1.165, 1.54) is 43.3 Å². The second-order valence-corrected chi connectivity index (χ2v) is 5.49. The summed E-state index contributed by atoms with van der Waals surface area (Å²) in [7, 11) is 1.52. The second-order valence-electron chi connectivity index (χ2n) is 4.12. The Morgan fingerprint density at radius 2 is 2.24 bits per heavy atom. The molecule has 2 aromatic rings. The molecule has 110 valence electrons. The molecule has 1 amide bonds. The molecular weight excluding hydrogens is 315 g/mol. The molecule has 4 nitrogen and oxygen atoms in total. The smallest absolute Gasteiger partial charge is 0.250 e. The molecule has 0 atom stereocenters. The maximum atomic E-state index is 13.3. The zero-order chi connectivity index (χ0) is 15.4. The van der Waals surface area contributed by atoms with E-state index in [0.29, 0.717) is 27.1 Å². The van der Waals surface area contributed by atoms with Crippen molar-refractivity contribution in [3.05, 3.63) is 52.4 Å². The van der Waals surface area contributed by atoms with Crippen LogP contribution >= 0.6 is 23.4 Å². The van der Waals surface area contributed by atoms with E-state index in [4.69, 9.17) is 22.1 Å². The van der Waals surface area contributed by atoms with Crippen molar-refractivity contribution in [1.29, 1.82) is 0 Å². The van der Waals surface area contributed by atoms with E-state index in [-0.39, 0.29) is 11.4 Å². The summed E-state index contributed by atoms with van der Waals surface area (Å²) < 4.78 is 18.4. The van der Waals surface area contributed by atoms with E-state index >= 15 is 0 Å². The summed E-state index contributed by atoms with van der Waals surface area (Å²) in [5.74, 6) is 0.0971. The van der Waals surface area contributed by atoms with E-state index in [1.54, 1.807) is 6.07 Å². The molecule has 0 aliphatic rings. The number of thioether (sulfide) groups is 1. The van der Waals surface area contributed by atoms with Crippen molar-refractivity contribution in [2.45, 2.75) is 10.8 Å². The Morgan fingerprint density at radius 3 is 2.86 bits per heavy atom. The Hall–Kier alpha value is -1.79. The third-order valence-corrected chi connectivity index (χ3v) is 4.15. The summed E-state index contributed by atoms with van der Waals surface area (Å²) in [6.45, 7) is 0. The highest BCUT2D eigenvalue weighted by Crippen LogP contribution is 2.31. The van der Waals surface area contributed by atoms with Gasteiger partial charge in [0.05, 0.1) is 17.7 Å². The maximum Gasteiger partial charge on any atom is 0.250 e. The lowest BCUT2D eigenvalue weighted by Gasteiger charge is -2.09. The average Bonchev–Trinajstić information content (AvgIpc) is 2.46. The molecule has 2 N–H and O–H groups in total. The fourth-order valence-electron chi connectivity index (χ4n) is 1.67. The van der Waals surface area contributed by atoms with Crippen molar-refractivity contribution in [2.24, 2.45) is 5.73 Å². The third-order valence-electron chi connectivity index (χ3n) is 2.70. The lowest BCUT2D eigenvalue weighted by molar-refractivity contribution is 0.1000. The molecule has 0 radical (unpaired) electrons. The summed E-state index contributed by atoms with van der Waals surface area (Å²) in [6, 6.07) is 5.76. The van der Waals surface area contributed by atoms with Gasteiger partial charge in [-0.25, -0.2) is 9.37 Å². The Kier molecular flexibility index (Phi) is 5.03. The van der Waals surface area contributed by atoms with Gasteiger partial charge in [-0.3, -0.25) is 4.79 Å². The summed E-state index contributed by atoms with van der Waals surface area (Å²) in [5.41, 5.74) is 6.09. The van der Waals surface area contributed by atoms with Crippen LogP contribution in [-0.2, 0) is 5.75 Å². The Bertz CT molecular complexity index is 682. The number of pyridine rings is 1. The molecule has 0 saturated carbocycles. The van der Waals surface area contributed by atoms with Gasteiger partial charge in [-0.2, -0.15) is 0 Å². The number of carbonyl (C=O) groups excluding carboxylic acids is 1. The second kappa shape index (κ2) is 6.78. The number of carbonyl (C=O) groups is 1. The number of aromatic nitrogens is 1. The number of primary amides is 1. The van der Waals surface area contributed by atoms with Gasteiger partial charge in [-0.15, -0.1) is 11.8 Å². The van der Waals surface area contributed by atoms with Crippen LogP contribution in [0.5, 0.6) is 5.75 Å². The minimum atomic E-state index is -0.590.